The molecule has 0 fully saturated rings. The molecule has 0 bridgehead atoms. The van der Waals surface area contributed by atoms with Gasteiger partial charge in [-0.05, 0) is 24.9 Å². The van der Waals surface area contributed by atoms with Crippen molar-refractivity contribution in [3.8, 4) is 5.88 Å². The summed E-state index contributed by atoms with van der Waals surface area (Å²) in [6.07, 6.45) is 2.90. The highest BCUT2D eigenvalue weighted by Gasteiger charge is 2.19. The Kier molecular flexibility index (Phi) is 4.71. The van der Waals surface area contributed by atoms with Crippen LogP contribution in [0.25, 0.3) is 0 Å². The van der Waals surface area contributed by atoms with E-state index < -0.39 is 7.14 Å². The second-order valence-corrected chi connectivity index (χ2v) is 8.48. The Morgan fingerprint density at radius 1 is 1.24 bits per heavy atom. The lowest BCUT2D eigenvalue weighted by Crippen LogP contribution is -2.12. The summed E-state index contributed by atoms with van der Waals surface area (Å²) in [7, 11) is -1.07. The number of hydrogen-bond acceptors (Lipinski definition) is 6. The van der Waals surface area contributed by atoms with Crippen molar-refractivity contribution >= 4 is 47.2 Å². The average molecular weight is 347 g/mol. The topological polar surface area (TPSA) is 77.0 Å². The van der Waals surface area contributed by atoms with Crippen molar-refractivity contribution < 1.29 is 9.30 Å². The summed E-state index contributed by atoms with van der Waals surface area (Å²) in [5.41, 5.74) is 0.529. The lowest BCUT2D eigenvalue weighted by atomic mass is 10.4. The molecule has 112 valence electrons. The van der Waals surface area contributed by atoms with Crippen LogP contribution >= 0.6 is 30.3 Å². The molecule has 2 heterocycles. The Morgan fingerprint density at radius 3 is 2.57 bits per heavy atom. The van der Waals surface area contributed by atoms with E-state index >= 15 is 0 Å². The molecule has 1 N–H and O–H groups in total. The molecular weight excluding hydrogens is 334 g/mol. The van der Waals surface area contributed by atoms with Crippen molar-refractivity contribution in [3.05, 3.63) is 28.8 Å². The smallest absolute Gasteiger partial charge is 0.224 e. The van der Waals surface area contributed by atoms with Crippen molar-refractivity contribution in [3.63, 3.8) is 0 Å². The van der Waals surface area contributed by atoms with Crippen molar-refractivity contribution in [1.82, 2.24) is 15.0 Å². The van der Waals surface area contributed by atoms with Gasteiger partial charge >= 0.3 is 0 Å². The van der Waals surface area contributed by atoms with Gasteiger partial charge in [0.1, 0.15) is 12.2 Å². The molecule has 0 spiro atoms. The van der Waals surface area contributed by atoms with Gasteiger partial charge < -0.3 is 14.6 Å². The number of aromatic nitrogens is 3. The maximum Gasteiger partial charge on any atom is 0.224 e. The quantitative estimate of drug-likeness (QED) is 0.676. The second kappa shape index (κ2) is 6.18. The zero-order chi connectivity index (χ0) is 15.6. The van der Waals surface area contributed by atoms with E-state index in [1.165, 1.54) is 19.5 Å². The molecule has 0 aliphatic heterocycles. The van der Waals surface area contributed by atoms with Crippen LogP contribution in [0.5, 0.6) is 5.88 Å². The third-order valence-electron chi connectivity index (χ3n) is 2.61. The Balaban J connectivity index is 2.49. The first kappa shape index (κ1) is 16.0. The summed E-state index contributed by atoms with van der Waals surface area (Å²) in [5, 5.41) is 3.92. The molecule has 0 amide bonds. The number of nitrogens with one attached hydrogen (secondary N) is 1. The van der Waals surface area contributed by atoms with E-state index in [0.717, 1.165) is 0 Å². The van der Waals surface area contributed by atoms with Gasteiger partial charge in [0, 0.05) is 11.4 Å². The second-order valence-electron chi connectivity index (χ2n) is 4.56. The number of ether oxygens (including phenoxy) is 1. The third-order valence-corrected chi connectivity index (χ3v) is 4.60. The summed E-state index contributed by atoms with van der Waals surface area (Å²) < 4.78 is 17.5. The van der Waals surface area contributed by atoms with Crippen molar-refractivity contribution in [2.45, 2.75) is 0 Å². The van der Waals surface area contributed by atoms with Crippen LogP contribution in [-0.2, 0) is 4.57 Å². The Morgan fingerprint density at radius 2 is 1.95 bits per heavy atom. The number of nitrogens with zero attached hydrogens (tertiary/aromatic N) is 3. The normalized spacial score (nSPS) is 11.3. The fourth-order valence-electron chi connectivity index (χ4n) is 1.64. The molecular formula is C12H13Cl2N4O2P. The van der Waals surface area contributed by atoms with Gasteiger partial charge in [0.05, 0.1) is 25.2 Å². The predicted molar refractivity (Wildman–Crippen MR) is 85.2 cm³/mol. The number of hydrogen-bond donors (Lipinski definition) is 1. The van der Waals surface area contributed by atoms with Gasteiger partial charge in [-0.2, -0.15) is 4.98 Å². The van der Waals surface area contributed by atoms with E-state index in [4.69, 9.17) is 27.9 Å². The molecule has 9 heteroatoms. The van der Waals surface area contributed by atoms with Crippen LogP contribution in [0.4, 0.5) is 11.5 Å². The van der Waals surface area contributed by atoms with Gasteiger partial charge in [-0.1, -0.05) is 11.6 Å². The Hall–Kier alpha value is -1.36. The van der Waals surface area contributed by atoms with Crippen LogP contribution in [0, 0.1) is 0 Å². The SMILES string of the molecule is COc1cc(P(C)(C)=O)c(Nc2nc(Cl)ncc2Cl)cn1. The summed E-state index contributed by atoms with van der Waals surface area (Å²) in [4.78, 5) is 11.9. The van der Waals surface area contributed by atoms with Crippen molar-refractivity contribution in [2.75, 3.05) is 25.8 Å². The largest absolute Gasteiger partial charge is 0.481 e. The van der Waals surface area contributed by atoms with Gasteiger partial charge in [0.25, 0.3) is 0 Å². The molecule has 0 aromatic carbocycles. The fourth-order valence-corrected chi connectivity index (χ4v) is 3.03. The molecule has 0 radical (unpaired) electrons. The van der Waals surface area contributed by atoms with Crippen LogP contribution in [-0.4, -0.2) is 35.4 Å². The number of anilines is 2. The van der Waals surface area contributed by atoms with Gasteiger partial charge in [-0.25, -0.2) is 9.97 Å². The van der Waals surface area contributed by atoms with Gasteiger partial charge in [0.2, 0.25) is 11.2 Å². The highest BCUT2D eigenvalue weighted by atomic mass is 35.5. The van der Waals surface area contributed by atoms with E-state index in [1.807, 2.05) is 0 Å². The summed E-state index contributed by atoms with van der Waals surface area (Å²) in [6, 6.07) is 1.62. The lowest BCUT2D eigenvalue weighted by Gasteiger charge is -2.15. The van der Waals surface area contributed by atoms with Crippen LogP contribution in [0.3, 0.4) is 0 Å². The highest BCUT2D eigenvalue weighted by molar-refractivity contribution is 7.70. The highest BCUT2D eigenvalue weighted by Crippen LogP contribution is 2.39. The molecule has 0 atom stereocenters. The number of halogens is 2. The molecule has 0 saturated heterocycles. The minimum atomic E-state index is -2.56. The zero-order valence-electron chi connectivity index (χ0n) is 11.6. The monoisotopic (exact) mass is 346 g/mol. The first-order chi connectivity index (χ1) is 9.81. The minimum absolute atomic E-state index is 0.0566. The maximum absolute atomic E-state index is 12.4. The molecule has 2 rings (SSSR count). The number of methoxy groups -OCH3 is 1. The first-order valence-electron chi connectivity index (χ1n) is 5.86. The van der Waals surface area contributed by atoms with Crippen LogP contribution in [0.15, 0.2) is 18.5 Å². The van der Waals surface area contributed by atoms with Crippen molar-refractivity contribution in [2.24, 2.45) is 0 Å². The fraction of sp³-hybridized carbons (Fsp3) is 0.250. The number of pyridine rings is 1. The van der Waals surface area contributed by atoms with E-state index in [-0.39, 0.29) is 5.28 Å². The number of rotatable bonds is 4. The maximum atomic E-state index is 12.4. The summed E-state index contributed by atoms with van der Waals surface area (Å²) >= 11 is 11.8. The van der Waals surface area contributed by atoms with E-state index in [2.05, 4.69) is 20.3 Å². The Bertz CT molecular complexity index is 720. The summed E-state index contributed by atoms with van der Waals surface area (Å²) in [6.45, 7) is 3.31. The standard InChI is InChI=1S/C12H13Cl2N4O2P/c1-20-10-4-9(21(2,3)19)8(6-15-10)17-11-7(13)5-16-12(14)18-11/h4-6H,1-3H3,(H,16,17,18). The molecule has 2 aromatic heterocycles. The van der Waals surface area contributed by atoms with E-state index in [1.54, 1.807) is 19.4 Å². The van der Waals surface area contributed by atoms with Gasteiger partial charge in [-0.15, -0.1) is 0 Å². The average Bonchev–Trinajstić information content (AvgIpc) is 2.42. The summed E-state index contributed by atoms with van der Waals surface area (Å²) in [5.74, 6) is 0.699. The minimum Gasteiger partial charge on any atom is -0.481 e. The molecule has 0 saturated carbocycles. The lowest BCUT2D eigenvalue weighted by molar-refractivity contribution is 0.398. The molecule has 0 unspecified atom stereocenters. The molecule has 0 aliphatic rings. The molecule has 21 heavy (non-hydrogen) atoms. The zero-order valence-corrected chi connectivity index (χ0v) is 14.0. The van der Waals surface area contributed by atoms with E-state index in [0.29, 0.717) is 27.7 Å². The molecule has 0 aliphatic carbocycles. The Labute approximate surface area is 132 Å². The molecule has 6 nitrogen and oxygen atoms in total. The van der Waals surface area contributed by atoms with Crippen molar-refractivity contribution in [1.29, 1.82) is 0 Å². The van der Waals surface area contributed by atoms with Crippen LogP contribution in [0.1, 0.15) is 0 Å². The third kappa shape index (κ3) is 3.84. The van der Waals surface area contributed by atoms with Gasteiger partial charge in [0.15, 0.2) is 5.82 Å². The van der Waals surface area contributed by atoms with Crippen LogP contribution in [0.2, 0.25) is 10.3 Å². The predicted octanol–water partition coefficient (Wildman–Crippen LogP) is 3.18. The first-order valence-corrected chi connectivity index (χ1v) is 9.21. The van der Waals surface area contributed by atoms with Crippen LogP contribution < -0.4 is 15.4 Å². The van der Waals surface area contributed by atoms with Gasteiger partial charge in [-0.3, -0.25) is 0 Å². The molecule has 2 aromatic rings. The van der Waals surface area contributed by atoms with E-state index in [9.17, 15) is 4.57 Å².